The monoisotopic (exact) mass is 364 g/mol. The summed E-state index contributed by atoms with van der Waals surface area (Å²) in [5.41, 5.74) is 1.41. The molecule has 1 aromatic carbocycles. The Morgan fingerprint density at radius 3 is 3.08 bits per heavy atom. The van der Waals surface area contributed by atoms with Crippen molar-refractivity contribution in [2.24, 2.45) is 0 Å². The Kier molecular flexibility index (Phi) is 4.79. The second-order valence-corrected chi connectivity index (χ2v) is 7.69. The highest BCUT2D eigenvalue weighted by atomic mass is 32.2. The van der Waals surface area contributed by atoms with Crippen LogP contribution in [0.2, 0.25) is 0 Å². The molecular formula is C14H13BN2O5S2. The molecule has 3 rings (SSSR count). The molecule has 3 N–H and O–H groups in total. The number of thiazole rings is 1. The van der Waals surface area contributed by atoms with Gasteiger partial charge in [-0.15, -0.1) is 0 Å². The van der Waals surface area contributed by atoms with E-state index in [1.54, 1.807) is 13.0 Å². The highest BCUT2D eigenvalue weighted by molar-refractivity contribution is 8.03. The smallest absolute Gasteiger partial charge is 0.535 e. The molecule has 0 unspecified atom stereocenters. The first kappa shape index (κ1) is 16.8. The zero-order valence-electron chi connectivity index (χ0n) is 12.6. The van der Waals surface area contributed by atoms with Gasteiger partial charge in [-0.25, -0.2) is 9.78 Å². The molecule has 1 amide bonds. The fourth-order valence-corrected chi connectivity index (χ4v) is 4.61. The summed E-state index contributed by atoms with van der Waals surface area (Å²) in [7, 11) is -1.14. The molecule has 7 nitrogen and oxygen atoms in total. The van der Waals surface area contributed by atoms with E-state index in [1.165, 1.54) is 29.3 Å². The number of thioether (sulfide) groups is 1. The van der Waals surface area contributed by atoms with E-state index in [9.17, 15) is 19.7 Å². The Hall–Kier alpha value is -2.04. The van der Waals surface area contributed by atoms with Crippen LogP contribution in [0.15, 0.2) is 22.7 Å². The first-order valence-corrected chi connectivity index (χ1v) is 8.72. The third-order valence-electron chi connectivity index (χ3n) is 3.58. The molecule has 24 heavy (non-hydrogen) atoms. The third kappa shape index (κ3) is 3.26. The van der Waals surface area contributed by atoms with Gasteiger partial charge in [0.25, 0.3) is 0 Å². The van der Waals surface area contributed by atoms with E-state index < -0.39 is 13.1 Å². The van der Waals surface area contributed by atoms with E-state index in [0.717, 1.165) is 5.56 Å². The van der Waals surface area contributed by atoms with Crippen LogP contribution in [-0.2, 0) is 11.2 Å². The van der Waals surface area contributed by atoms with E-state index in [4.69, 9.17) is 4.65 Å². The standard InChI is InChI=1S/C14H13BN2O5S2/c1-7-2-3-8-4-9(15(21)22-12(8)11(7)13(19)20)23-14-16-5-10(24-14)17-6-18/h2-3,5-6,9,21H,4H2,1H3,(H,17,18)(H,19,20)/t9-/m0/s1. The molecule has 124 valence electrons. The van der Waals surface area contributed by atoms with Crippen molar-refractivity contribution in [1.82, 2.24) is 4.98 Å². The third-order valence-corrected chi connectivity index (χ3v) is 5.85. The minimum atomic E-state index is -1.14. The van der Waals surface area contributed by atoms with E-state index in [1.807, 2.05) is 6.07 Å². The van der Waals surface area contributed by atoms with Crippen LogP contribution in [0, 0.1) is 6.92 Å². The molecule has 0 bridgehead atoms. The number of carbonyl (C=O) groups is 2. The average molecular weight is 364 g/mol. The number of aromatic carboxylic acids is 1. The maximum absolute atomic E-state index is 11.4. The Labute approximate surface area is 146 Å². The zero-order chi connectivity index (χ0) is 17.3. The van der Waals surface area contributed by atoms with Gasteiger partial charge in [-0.1, -0.05) is 35.2 Å². The van der Waals surface area contributed by atoms with Gasteiger partial charge in [0.1, 0.15) is 16.3 Å². The van der Waals surface area contributed by atoms with Gasteiger partial charge in [0.05, 0.1) is 11.3 Å². The molecule has 2 aromatic rings. The van der Waals surface area contributed by atoms with Crippen molar-refractivity contribution in [3.63, 3.8) is 0 Å². The lowest BCUT2D eigenvalue weighted by atomic mass is 9.77. The highest BCUT2D eigenvalue weighted by Gasteiger charge is 2.38. The summed E-state index contributed by atoms with van der Waals surface area (Å²) in [5.74, 6) is -0.846. The van der Waals surface area contributed by atoms with Crippen LogP contribution in [0.4, 0.5) is 5.00 Å². The minimum Gasteiger partial charge on any atom is -0.535 e. The zero-order valence-corrected chi connectivity index (χ0v) is 14.2. The van der Waals surface area contributed by atoms with Crippen LogP contribution in [-0.4, -0.2) is 39.8 Å². The largest absolute Gasteiger partial charge is 0.537 e. The number of carbonyl (C=O) groups excluding carboxylic acids is 1. The molecule has 1 atom stereocenters. The van der Waals surface area contributed by atoms with E-state index in [0.29, 0.717) is 27.7 Å². The molecule has 0 saturated carbocycles. The molecule has 1 aromatic heterocycles. The number of nitrogens with one attached hydrogen (secondary N) is 1. The first-order chi connectivity index (χ1) is 11.5. The molecule has 0 saturated heterocycles. The van der Waals surface area contributed by atoms with Crippen LogP contribution in [0.3, 0.4) is 0 Å². The van der Waals surface area contributed by atoms with Gasteiger partial charge in [-0.3, -0.25) is 4.79 Å². The highest BCUT2D eigenvalue weighted by Crippen LogP contribution is 2.39. The summed E-state index contributed by atoms with van der Waals surface area (Å²) in [6.45, 7) is 1.69. The predicted octanol–water partition coefficient (Wildman–Crippen LogP) is 1.83. The fourth-order valence-electron chi connectivity index (χ4n) is 2.47. The number of aryl methyl sites for hydroxylation is 1. The first-order valence-electron chi connectivity index (χ1n) is 7.02. The molecule has 2 heterocycles. The van der Waals surface area contributed by atoms with Gasteiger partial charge in [-0.05, 0) is 24.5 Å². The van der Waals surface area contributed by atoms with Gasteiger partial charge in [0.2, 0.25) is 6.41 Å². The minimum absolute atomic E-state index is 0.0849. The Morgan fingerprint density at radius 1 is 1.58 bits per heavy atom. The van der Waals surface area contributed by atoms with E-state index >= 15 is 0 Å². The topological polar surface area (TPSA) is 109 Å². The van der Waals surface area contributed by atoms with Crippen molar-refractivity contribution < 1.29 is 24.4 Å². The predicted molar refractivity (Wildman–Crippen MR) is 91.9 cm³/mol. The SMILES string of the molecule is Cc1ccc2c(c1C(=O)O)OB(O)[C@@H](Sc1ncc(NC=O)s1)C2. The molecule has 0 aliphatic carbocycles. The Bertz CT molecular complexity index is 797. The molecule has 10 heteroatoms. The summed E-state index contributed by atoms with van der Waals surface area (Å²) in [4.78, 5) is 26.0. The number of nitrogens with zero attached hydrogens (tertiary/aromatic N) is 1. The summed E-state index contributed by atoms with van der Waals surface area (Å²) in [5, 5.41) is 22.4. The van der Waals surface area contributed by atoms with Crippen LogP contribution in [0.25, 0.3) is 0 Å². The number of amides is 1. The number of benzene rings is 1. The number of rotatable bonds is 5. The number of fused-ring (bicyclic) bond motifs is 1. The lowest BCUT2D eigenvalue weighted by Crippen LogP contribution is -2.40. The molecule has 1 aliphatic rings. The van der Waals surface area contributed by atoms with Crippen LogP contribution in [0.5, 0.6) is 5.75 Å². The molecular weight excluding hydrogens is 351 g/mol. The van der Waals surface area contributed by atoms with Crippen molar-refractivity contribution in [3.05, 3.63) is 35.0 Å². The second-order valence-electron chi connectivity index (χ2n) is 5.17. The van der Waals surface area contributed by atoms with Crippen LogP contribution >= 0.6 is 23.1 Å². The number of carboxylic acids is 1. The van der Waals surface area contributed by atoms with Crippen LogP contribution < -0.4 is 9.97 Å². The van der Waals surface area contributed by atoms with Gasteiger partial charge < -0.3 is 20.1 Å². The summed E-state index contributed by atoms with van der Waals surface area (Å²) < 4.78 is 6.18. The number of hydrogen-bond donors (Lipinski definition) is 3. The van der Waals surface area contributed by atoms with Crippen LogP contribution in [0.1, 0.15) is 21.5 Å². The molecule has 0 radical (unpaired) electrons. The number of carboxylic acid groups (broad SMARTS) is 1. The lowest BCUT2D eigenvalue weighted by Gasteiger charge is -2.28. The van der Waals surface area contributed by atoms with Gasteiger partial charge in [-0.2, -0.15) is 0 Å². The average Bonchev–Trinajstić information content (AvgIpc) is 2.95. The van der Waals surface area contributed by atoms with Gasteiger partial charge in [0.15, 0.2) is 4.34 Å². The summed E-state index contributed by atoms with van der Waals surface area (Å²) in [6, 6.07) is 3.55. The molecule has 0 spiro atoms. The molecule has 1 aliphatic heterocycles. The van der Waals surface area contributed by atoms with E-state index in [-0.39, 0.29) is 16.5 Å². The van der Waals surface area contributed by atoms with Crippen molar-refractivity contribution >= 4 is 47.6 Å². The van der Waals surface area contributed by atoms with Gasteiger partial charge >= 0.3 is 13.1 Å². The Morgan fingerprint density at radius 2 is 2.38 bits per heavy atom. The second kappa shape index (κ2) is 6.84. The number of anilines is 1. The normalized spacial score (nSPS) is 16.2. The lowest BCUT2D eigenvalue weighted by molar-refractivity contribution is -0.105. The number of hydrogen-bond acceptors (Lipinski definition) is 7. The van der Waals surface area contributed by atoms with Gasteiger partial charge in [0, 0.05) is 0 Å². The maximum Gasteiger partial charge on any atom is 0.537 e. The van der Waals surface area contributed by atoms with Crippen molar-refractivity contribution in [1.29, 1.82) is 0 Å². The molecule has 0 fully saturated rings. The Balaban J connectivity index is 1.83. The quantitative estimate of drug-likeness (QED) is 0.549. The van der Waals surface area contributed by atoms with Crippen molar-refractivity contribution in [2.45, 2.75) is 22.8 Å². The van der Waals surface area contributed by atoms with E-state index in [2.05, 4.69) is 10.3 Å². The summed E-state index contributed by atoms with van der Waals surface area (Å²) >= 11 is 2.62. The van der Waals surface area contributed by atoms with Crippen molar-refractivity contribution in [2.75, 3.05) is 5.32 Å². The summed E-state index contributed by atoms with van der Waals surface area (Å²) in [6.07, 6.45) is 2.57. The fraction of sp³-hybridized carbons (Fsp3) is 0.214. The van der Waals surface area contributed by atoms with Crippen molar-refractivity contribution in [3.8, 4) is 5.75 Å². The number of aromatic nitrogens is 1. The maximum atomic E-state index is 11.4.